The van der Waals surface area contributed by atoms with E-state index in [1.165, 1.54) is 12.8 Å². The van der Waals surface area contributed by atoms with Gasteiger partial charge < -0.3 is 10.2 Å². The first-order valence-corrected chi connectivity index (χ1v) is 9.23. The van der Waals surface area contributed by atoms with E-state index in [1.54, 1.807) is 0 Å². The van der Waals surface area contributed by atoms with E-state index in [2.05, 4.69) is 22.1 Å². The van der Waals surface area contributed by atoms with Gasteiger partial charge in [0.05, 0.1) is 11.9 Å². The number of rotatable bonds is 5. The van der Waals surface area contributed by atoms with Crippen molar-refractivity contribution in [2.75, 3.05) is 24.5 Å². The van der Waals surface area contributed by atoms with Gasteiger partial charge in [0, 0.05) is 24.7 Å². The highest BCUT2D eigenvalue weighted by molar-refractivity contribution is 6.30. The van der Waals surface area contributed by atoms with Crippen LogP contribution in [-0.4, -0.2) is 30.5 Å². The fourth-order valence-electron chi connectivity index (χ4n) is 3.23. The van der Waals surface area contributed by atoms with Crippen molar-refractivity contribution in [1.29, 1.82) is 0 Å². The summed E-state index contributed by atoms with van der Waals surface area (Å²) in [5.41, 5.74) is 2.66. The van der Waals surface area contributed by atoms with E-state index in [0.29, 0.717) is 23.2 Å². The van der Waals surface area contributed by atoms with E-state index >= 15 is 0 Å². The van der Waals surface area contributed by atoms with Crippen LogP contribution in [0, 0.1) is 5.92 Å². The van der Waals surface area contributed by atoms with Crippen molar-refractivity contribution in [2.24, 2.45) is 5.92 Å². The van der Waals surface area contributed by atoms with Crippen molar-refractivity contribution in [3.05, 3.63) is 58.9 Å². The number of hydrogen-bond donors (Lipinski definition) is 1. The second-order valence-electron chi connectivity index (χ2n) is 6.73. The molecule has 132 valence electrons. The van der Waals surface area contributed by atoms with Crippen LogP contribution in [0.4, 0.5) is 5.69 Å². The number of carbonyl (C=O) groups excluding carboxylic acids is 1. The molecule has 4 nitrogen and oxygen atoms in total. The second-order valence-corrected chi connectivity index (χ2v) is 7.17. The molecule has 1 aromatic heterocycles. The number of piperidine rings is 1. The third kappa shape index (κ3) is 4.95. The van der Waals surface area contributed by atoms with E-state index in [4.69, 9.17) is 11.6 Å². The van der Waals surface area contributed by atoms with Gasteiger partial charge in [0.15, 0.2) is 0 Å². The first-order chi connectivity index (χ1) is 12.1. The Labute approximate surface area is 154 Å². The number of benzene rings is 1. The Bertz CT molecular complexity index is 717. The lowest BCUT2D eigenvalue weighted by Crippen LogP contribution is -2.34. The molecule has 0 bridgehead atoms. The van der Waals surface area contributed by atoms with Gasteiger partial charge in [-0.1, -0.05) is 30.7 Å². The number of carbonyl (C=O) groups is 1. The molecule has 1 aliphatic rings. The summed E-state index contributed by atoms with van der Waals surface area (Å²) < 4.78 is 0. The third-order valence-electron chi connectivity index (χ3n) is 4.59. The van der Waals surface area contributed by atoms with E-state index in [9.17, 15) is 4.79 Å². The Morgan fingerprint density at radius 2 is 2.24 bits per heavy atom. The van der Waals surface area contributed by atoms with Gasteiger partial charge in [-0.2, -0.15) is 0 Å². The maximum absolute atomic E-state index is 12.2. The van der Waals surface area contributed by atoms with Gasteiger partial charge in [0.25, 0.3) is 5.91 Å². The largest absolute Gasteiger partial charge is 0.370 e. The molecule has 5 heteroatoms. The van der Waals surface area contributed by atoms with Crippen molar-refractivity contribution in [3.63, 3.8) is 0 Å². The molecule has 1 N–H and O–H groups in total. The topological polar surface area (TPSA) is 45.2 Å². The first-order valence-electron chi connectivity index (χ1n) is 8.85. The van der Waals surface area contributed by atoms with Gasteiger partial charge in [-0.3, -0.25) is 4.79 Å². The van der Waals surface area contributed by atoms with E-state index in [-0.39, 0.29) is 5.91 Å². The van der Waals surface area contributed by atoms with Crippen LogP contribution in [0.5, 0.6) is 0 Å². The highest BCUT2D eigenvalue weighted by Crippen LogP contribution is 2.22. The van der Waals surface area contributed by atoms with Crippen LogP contribution in [0.15, 0.2) is 42.6 Å². The molecular formula is C20H24ClN3O. The van der Waals surface area contributed by atoms with Crippen molar-refractivity contribution in [3.8, 4) is 0 Å². The smallest absolute Gasteiger partial charge is 0.269 e. The highest BCUT2D eigenvalue weighted by Gasteiger charge is 2.17. The van der Waals surface area contributed by atoms with Crippen LogP contribution in [0.2, 0.25) is 5.02 Å². The van der Waals surface area contributed by atoms with Crippen LogP contribution in [0.1, 0.15) is 35.8 Å². The summed E-state index contributed by atoms with van der Waals surface area (Å²) >= 11 is 5.97. The zero-order chi connectivity index (χ0) is 17.6. The fourth-order valence-corrected chi connectivity index (χ4v) is 3.45. The molecule has 0 spiro atoms. The third-order valence-corrected chi connectivity index (χ3v) is 4.83. The summed E-state index contributed by atoms with van der Waals surface area (Å²) in [5, 5.41) is 3.63. The van der Waals surface area contributed by atoms with Gasteiger partial charge in [0.2, 0.25) is 0 Å². The van der Waals surface area contributed by atoms with Crippen LogP contribution in [0.3, 0.4) is 0 Å². The van der Waals surface area contributed by atoms with Crippen molar-refractivity contribution >= 4 is 23.2 Å². The zero-order valence-electron chi connectivity index (χ0n) is 14.5. The molecule has 1 atom stereocenters. The standard InChI is InChI=1S/C20H24ClN3O/c1-15-4-3-11-24(14-15)18-7-8-19(23-13-18)20(25)22-10-9-16-5-2-6-17(21)12-16/h2,5-8,12-13,15H,3-4,9-11,14H2,1H3,(H,22,25). The number of amides is 1. The minimum atomic E-state index is -0.138. The van der Waals surface area contributed by atoms with Crippen LogP contribution < -0.4 is 10.2 Å². The number of hydrogen-bond acceptors (Lipinski definition) is 3. The minimum absolute atomic E-state index is 0.138. The lowest BCUT2D eigenvalue weighted by atomic mass is 10.00. The summed E-state index contributed by atoms with van der Waals surface area (Å²) in [6, 6.07) is 11.5. The maximum Gasteiger partial charge on any atom is 0.269 e. The molecular weight excluding hydrogens is 334 g/mol. The van der Waals surface area contributed by atoms with Gasteiger partial charge in [-0.25, -0.2) is 4.98 Å². The summed E-state index contributed by atoms with van der Waals surface area (Å²) in [6.07, 6.45) is 5.06. The van der Waals surface area contributed by atoms with E-state index in [1.807, 2.05) is 42.6 Å². The van der Waals surface area contributed by atoms with Gasteiger partial charge in [0.1, 0.15) is 5.69 Å². The molecule has 0 radical (unpaired) electrons. The van der Waals surface area contributed by atoms with Gasteiger partial charge in [-0.05, 0) is 55.0 Å². The van der Waals surface area contributed by atoms with Gasteiger partial charge in [-0.15, -0.1) is 0 Å². The Morgan fingerprint density at radius 3 is 2.96 bits per heavy atom. The molecule has 1 amide bonds. The summed E-state index contributed by atoms with van der Waals surface area (Å²) in [6.45, 7) is 4.97. The number of halogens is 1. The van der Waals surface area contributed by atoms with Crippen molar-refractivity contribution in [1.82, 2.24) is 10.3 Å². The molecule has 1 fully saturated rings. The SMILES string of the molecule is CC1CCCN(c2ccc(C(=O)NCCc3cccc(Cl)c3)nc2)C1. The second kappa shape index (κ2) is 8.34. The lowest BCUT2D eigenvalue weighted by molar-refractivity contribution is 0.0949. The normalized spacial score (nSPS) is 17.4. The lowest BCUT2D eigenvalue weighted by Gasteiger charge is -2.32. The van der Waals surface area contributed by atoms with Crippen LogP contribution in [-0.2, 0) is 6.42 Å². The number of aromatic nitrogens is 1. The Hall–Kier alpha value is -2.07. The molecule has 2 aromatic rings. The number of anilines is 1. The summed E-state index contributed by atoms with van der Waals surface area (Å²) in [4.78, 5) is 18.9. The molecule has 25 heavy (non-hydrogen) atoms. The van der Waals surface area contributed by atoms with Crippen LogP contribution >= 0.6 is 11.6 Å². The Balaban J connectivity index is 1.52. The minimum Gasteiger partial charge on any atom is -0.370 e. The Morgan fingerprint density at radius 1 is 1.36 bits per heavy atom. The molecule has 1 aliphatic heterocycles. The number of nitrogens with zero attached hydrogens (tertiary/aromatic N) is 2. The quantitative estimate of drug-likeness (QED) is 0.881. The van der Waals surface area contributed by atoms with Crippen molar-refractivity contribution in [2.45, 2.75) is 26.2 Å². The Kier molecular flexibility index (Phi) is 5.92. The fraction of sp³-hybridized carbons (Fsp3) is 0.400. The molecule has 1 saturated heterocycles. The monoisotopic (exact) mass is 357 g/mol. The first kappa shape index (κ1) is 17.7. The van der Waals surface area contributed by atoms with Crippen molar-refractivity contribution < 1.29 is 4.79 Å². The molecule has 1 unspecified atom stereocenters. The average molecular weight is 358 g/mol. The summed E-state index contributed by atoms with van der Waals surface area (Å²) in [5.74, 6) is 0.573. The van der Waals surface area contributed by atoms with Crippen LogP contribution in [0.25, 0.3) is 0 Å². The average Bonchev–Trinajstić information content (AvgIpc) is 2.62. The number of nitrogens with one attached hydrogen (secondary N) is 1. The predicted molar refractivity (Wildman–Crippen MR) is 102 cm³/mol. The molecule has 2 heterocycles. The molecule has 0 saturated carbocycles. The van der Waals surface area contributed by atoms with E-state index in [0.717, 1.165) is 30.8 Å². The summed E-state index contributed by atoms with van der Waals surface area (Å²) in [7, 11) is 0. The molecule has 0 aliphatic carbocycles. The predicted octanol–water partition coefficient (Wildman–Crippen LogP) is 3.94. The maximum atomic E-state index is 12.2. The highest BCUT2D eigenvalue weighted by atomic mass is 35.5. The molecule has 3 rings (SSSR count). The number of pyridine rings is 1. The van der Waals surface area contributed by atoms with E-state index < -0.39 is 0 Å². The molecule has 1 aromatic carbocycles. The zero-order valence-corrected chi connectivity index (χ0v) is 15.3. The van der Waals surface area contributed by atoms with Gasteiger partial charge >= 0.3 is 0 Å².